The normalized spacial score (nSPS) is 46.2. The van der Waals surface area contributed by atoms with E-state index in [0.717, 1.165) is 41.4 Å². The lowest BCUT2D eigenvalue weighted by molar-refractivity contribution is 0.0722. The summed E-state index contributed by atoms with van der Waals surface area (Å²) in [6.07, 6.45) is 9.15. The van der Waals surface area contributed by atoms with Gasteiger partial charge < -0.3 is 0 Å². The molecule has 3 aliphatic rings. The van der Waals surface area contributed by atoms with Gasteiger partial charge in [-0.15, -0.1) is 0 Å². The van der Waals surface area contributed by atoms with Crippen molar-refractivity contribution in [3.05, 3.63) is 0 Å². The molecule has 0 radical (unpaired) electrons. The summed E-state index contributed by atoms with van der Waals surface area (Å²) in [4.78, 5) is 0. The Balaban J connectivity index is 1.74. The van der Waals surface area contributed by atoms with Crippen LogP contribution in [0.2, 0.25) is 0 Å². The molecule has 0 heteroatoms. The van der Waals surface area contributed by atoms with E-state index in [9.17, 15) is 0 Å². The summed E-state index contributed by atoms with van der Waals surface area (Å²) in [5.41, 5.74) is 1.04. The summed E-state index contributed by atoms with van der Waals surface area (Å²) >= 11 is 0. The van der Waals surface area contributed by atoms with E-state index < -0.39 is 0 Å². The van der Waals surface area contributed by atoms with Crippen molar-refractivity contribution in [1.82, 2.24) is 0 Å². The molecule has 128 valence electrons. The van der Waals surface area contributed by atoms with Crippen LogP contribution in [0.25, 0.3) is 0 Å². The summed E-state index contributed by atoms with van der Waals surface area (Å²) in [7, 11) is 0. The molecule has 0 saturated heterocycles. The molecule has 0 spiro atoms. The van der Waals surface area contributed by atoms with Crippen LogP contribution in [0.5, 0.6) is 0 Å². The third-order valence-electron chi connectivity index (χ3n) is 8.26. The van der Waals surface area contributed by atoms with Gasteiger partial charge in [0.25, 0.3) is 0 Å². The first-order valence-corrected chi connectivity index (χ1v) is 10.1. The van der Waals surface area contributed by atoms with Gasteiger partial charge in [0.05, 0.1) is 0 Å². The van der Waals surface area contributed by atoms with Crippen molar-refractivity contribution in [2.24, 2.45) is 52.3 Å². The van der Waals surface area contributed by atoms with Crippen molar-refractivity contribution in [3.8, 4) is 0 Å². The fraction of sp³-hybridized carbons (Fsp3) is 1.00. The number of hydrogen-bond acceptors (Lipinski definition) is 0. The van der Waals surface area contributed by atoms with Crippen LogP contribution in [-0.2, 0) is 0 Å². The van der Waals surface area contributed by atoms with Gasteiger partial charge in [-0.05, 0) is 90.8 Å². The molecule has 3 fully saturated rings. The SMILES string of the molecule is CC1C2CC(C(C)(C)C)CCC2C2CCC(C(C)(C)C)CC12. The first-order chi connectivity index (χ1) is 10.1. The molecule has 22 heavy (non-hydrogen) atoms. The second-order valence-corrected chi connectivity index (χ2v) is 11.3. The van der Waals surface area contributed by atoms with Gasteiger partial charge in [0.1, 0.15) is 0 Å². The Morgan fingerprint density at radius 2 is 0.909 bits per heavy atom. The molecular weight excluding hydrogens is 264 g/mol. The van der Waals surface area contributed by atoms with Crippen LogP contribution in [-0.4, -0.2) is 0 Å². The highest BCUT2D eigenvalue weighted by Crippen LogP contribution is 2.61. The monoisotopic (exact) mass is 304 g/mol. The maximum absolute atomic E-state index is 2.62. The van der Waals surface area contributed by atoms with Crippen LogP contribution in [0.15, 0.2) is 0 Å². The van der Waals surface area contributed by atoms with Gasteiger partial charge in [0, 0.05) is 0 Å². The molecule has 0 bridgehead atoms. The van der Waals surface area contributed by atoms with E-state index in [1.54, 1.807) is 0 Å². The average molecular weight is 305 g/mol. The van der Waals surface area contributed by atoms with Gasteiger partial charge in [-0.2, -0.15) is 0 Å². The van der Waals surface area contributed by atoms with Crippen molar-refractivity contribution in [2.75, 3.05) is 0 Å². The second kappa shape index (κ2) is 5.52. The van der Waals surface area contributed by atoms with Crippen LogP contribution in [0.3, 0.4) is 0 Å². The Morgan fingerprint density at radius 3 is 1.23 bits per heavy atom. The van der Waals surface area contributed by atoms with Gasteiger partial charge in [-0.25, -0.2) is 0 Å². The molecule has 0 nitrogen and oxygen atoms in total. The van der Waals surface area contributed by atoms with Crippen LogP contribution in [0, 0.1) is 52.3 Å². The Hall–Kier alpha value is 0. The van der Waals surface area contributed by atoms with Gasteiger partial charge in [0.2, 0.25) is 0 Å². The summed E-state index contributed by atoms with van der Waals surface area (Å²) in [5.74, 6) is 7.19. The summed E-state index contributed by atoms with van der Waals surface area (Å²) < 4.78 is 0. The molecule has 0 aliphatic heterocycles. The maximum Gasteiger partial charge on any atom is -0.0352 e. The van der Waals surface area contributed by atoms with Gasteiger partial charge >= 0.3 is 0 Å². The predicted octanol–water partition coefficient (Wildman–Crippen LogP) is 6.79. The number of hydrogen-bond donors (Lipinski definition) is 0. The third kappa shape index (κ3) is 2.89. The van der Waals surface area contributed by atoms with Crippen molar-refractivity contribution >= 4 is 0 Å². The Labute approximate surface area is 139 Å². The highest BCUT2D eigenvalue weighted by atomic mass is 14.6. The first-order valence-electron chi connectivity index (χ1n) is 10.1. The lowest BCUT2D eigenvalue weighted by atomic mass is 9.62. The van der Waals surface area contributed by atoms with E-state index in [1.807, 2.05) is 0 Å². The standard InChI is InChI=1S/C22H40/c1-14-19-12-15(21(2,3)4)8-10-17(19)18-11-9-16(13-20(14)18)22(5,6)7/h14-20H,8-13H2,1-7H3. The number of fused-ring (bicyclic) bond motifs is 3. The Bertz CT molecular complexity index is 355. The largest absolute Gasteiger partial charge is 0.0620 e. The van der Waals surface area contributed by atoms with Crippen molar-refractivity contribution in [2.45, 2.75) is 87.0 Å². The van der Waals surface area contributed by atoms with Crippen LogP contribution in [0.1, 0.15) is 87.0 Å². The molecule has 6 atom stereocenters. The highest BCUT2D eigenvalue weighted by molar-refractivity contribution is 5.02. The Morgan fingerprint density at radius 1 is 0.545 bits per heavy atom. The van der Waals surface area contributed by atoms with Crippen molar-refractivity contribution in [1.29, 1.82) is 0 Å². The Kier molecular flexibility index (Phi) is 4.23. The van der Waals surface area contributed by atoms with Crippen molar-refractivity contribution in [3.63, 3.8) is 0 Å². The van der Waals surface area contributed by atoms with Gasteiger partial charge in [0.15, 0.2) is 0 Å². The lowest BCUT2D eigenvalue weighted by Gasteiger charge is -2.43. The predicted molar refractivity (Wildman–Crippen MR) is 96.7 cm³/mol. The number of rotatable bonds is 0. The third-order valence-corrected chi connectivity index (χ3v) is 8.26. The summed E-state index contributed by atoms with van der Waals surface area (Å²) in [6.45, 7) is 17.5. The zero-order valence-electron chi connectivity index (χ0n) is 16.3. The summed E-state index contributed by atoms with van der Waals surface area (Å²) in [6, 6.07) is 0. The van der Waals surface area contributed by atoms with Gasteiger partial charge in [-0.1, -0.05) is 48.5 Å². The van der Waals surface area contributed by atoms with Crippen LogP contribution in [0.4, 0.5) is 0 Å². The molecule has 3 saturated carbocycles. The smallest absolute Gasteiger partial charge is 0.0352 e. The van der Waals surface area contributed by atoms with E-state index in [2.05, 4.69) is 48.5 Å². The van der Waals surface area contributed by atoms with E-state index in [0.29, 0.717) is 10.8 Å². The fourth-order valence-corrected chi connectivity index (χ4v) is 6.62. The molecule has 0 heterocycles. The van der Waals surface area contributed by atoms with Crippen LogP contribution < -0.4 is 0 Å². The molecule has 0 aromatic rings. The quantitative estimate of drug-likeness (QED) is 0.462. The highest BCUT2D eigenvalue weighted by Gasteiger charge is 2.53. The zero-order valence-corrected chi connectivity index (χ0v) is 16.3. The molecule has 0 aromatic heterocycles. The first kappa shape index (κ1) is 16.8. The molecule has 3 rings (SSSR count). The topological polar surface area (TPSA) is 0 Å². The molecule has 6 unspecified atom stereocenters. The van der Waals surface area contributed by atoms with E-state index in [1.165, 1.54) is 38.5 Å². The lowest BCUT2D eigenvalue weighted by Crippen LogP contribution is -2.33. The minimum Gasteiger partial charge on any atom is -0.0620 e. The van der Waals surface area contributed by atoms with Gasteiger partial charge in [-0.3, -0.25) is 0 Å². The average Bonchev–Trinajstić information content (AvgIpc) is 2.70. The summed E-state index contributed by atoms with van der Waals surface area (Å²) in [5, 5.41) is 0. The molecule has 0 aromatic carbocycles. The fourth-order valence-electron chi connectivity index (χ4n) is 6.62. The van der Waals surface area contributed by atoms with Crippen LogP contribution >= 0.6 is 0 Å². The molecule has 0 N–H and O–H groups in total. The molecular formula is C22H40. The second-order valence-electron chi connectivity index (χ2n) is 11.3. The zero-order chi connectivity index (χ0) is 16.3. The maximum atomic E-state index is 2.62. The van der Waals surface area contributed by atoms with E-state index in [4.69, 9.17) is 0 Å². The van der Waals surface area contributed by atoms with Crippen molar-refractivity contribution < 1.29 is 0 Å². The van der Waals surface area contributed by atoms with E-state index in [-0.39, 0.29) is 0 Å². The molecule has 0 amide bonds. The minimum absolute atomic E-state index is 0.520. The minimum atomic E-state index is 0.520. The van der Waals surface area contributed by atoms with E-state index >= 15 is 0 Å². The molecule has 3 aliphatic carbocycles.